The van der Waals surface area contributed by atoms with Crippen LogP contribution in [0.1, 0.15) is 41.9 Å². The number of alkyl halides is 2. The number of ether oxygens (including phenoxy) is 1. The van der Waals surface area contributed by atoms with E-state index in [0.717, 1.165) is 19.0 Å². The van der Waals surface area contributed by atoms with E-state index in [9.17, 15) is 39.1 Å². The first-order valence-corrected chi connectivity index (χ1v) is 12.0. The van der Waals surface area contributed by atoms with Crippen LogP contribution in [0.15, 0.2) is 17.7 Å². The molecule has 6 N–H and O–H groups in total. The van der Waals surface area contributed by atoms with E-state index in [1.54, 1.807) is 11.5 Å². The van der Waals surface area contributed by atoms with Gasteiger partial charge in [0.2, 0.25) is 46.2 Å². The lowest BCUT2D eigenvalue weighted by molar-refractivity contribution is -0.0379. The van der Waals surface area contributed by atoms with Crippen LogP contribution in [0, 0.1) is 11.8 Å². The lowest BCUT2D eigenvalue weighted by Crippen LogP contribution is -2.35. The zero-order chi connectivity index (χ0) is 25.5. The number of amides is 1. The Balaban J connectivity index is 1.75. The number of nitrogens with one attached hydrogen (secondary N) is 1. The van der Waals surface area contributed by atoms with Gasteiger partial charge in [-0.2, -0.15) is 13.8 Å². The first kappa shape index (κ1) is 24.6. The summed E-state index contributed by atoms with van der Waals surface area (Å²) in [7, 11) is 0. The van der Waals surface area contributed by atoms with Crippen molar-refractivity contribution in [3.05, 3.63) is 29.1 Å². The molecule has 2 aliphatic carbocycles. The second-order valence-electron chi connectivity index (χ2n) is 8.38. The average Bonchev–Trinajstić information content (AvgIpc) is 3.73. The molecule has 2 aromatic rings. The normalized spacial score (nSPS) is 16.9. The van der Waals surface area contributed by atoms with Crippen molar-refractivity contribution in [1.82, 2.24) is 15.3 Å². The minimum Gasteiger partial charge on any atom is -0.502 e. The molecule has 35 heavy (non-hydrogen) atoms. The molecular formula is C22H23F2N3O7S. The fourth-order valence-corrected chi connectivity index (χ4v) is 3.74. The third-order valence-corrected chi connectivity index (χ3v) is 6.19. The fourth-order valence-electron chi connectivity index (χ4n) is 3.42. The number of hydrogen-bond acceptors (Lipinski definition) is 10. The molecular weight excluding hydrogens is 488 g/mol. The first-order chi connectivity index (χ1) is 16.6. The Labute approximate surface area is 202 Å². The van der Waals surface area contributed by atoms with Crippen LogP contribution in [-0.4, -0.2) is 53.7 Å². The molecule has 0 radical (unpaired) electrons. The van der Waals surface area contributed by atoms with Gasteiger partial charge in [-0.05, 0) is 43.3 Å². The third kappa shape index (κ3) is 4.85. The molecule has 1 aromatic carbocycles. The van der Waals surface area contributed by atoms with Crippen LogP contribution in [0.2, 0.25) is 0 Å². The van der Waals surface area contributed by atoms with Crippen molar-refractivity contribution in [2.75, 3.05) is 6.26 Å². The quantitative estimate of drug-likeness (QED) is 0.216. The standard InChI is InChI=1S/C22H23F2N3O7S/c1-35-7-6-12(9-2-3-9)26-19(33)11-8-25-21(22(23,24)10-4-5-10)27-20(11)34-18-16(31)14(29)13(28)15(30)17(18)32/h6-10,12,28-32H,2-5H2,1H3,(H,26,33)/b7-6+. The zero-order valence-electron chi connectivity index (χ0n) is 18.4. The number of carbonyl (C=O) groups excluding carboxylic acids is 1. The number of thioether (sulfide) groups is 1. The number of halogens is 2. The van der Waals surface area contributed by atoms with Crippen molar-refractivity contribution in [1.29, 1.82) is 0 Å². The molecule has 188 valence electrons. The van der Waals surface area contributed by atoms with E-state index in [2.05, 4.69) is 15.3 Å². The van der Waals surface area contributed by atoms with Crippen molar-refractivity contribution in [2.45, 2.75) is 37.6 Å². The number of aromatic hydroxyl groups is 5. The number of carbonyl (C=O) groups is 1. The molecule has 4 rings (SSSR count). The van der Waals surface area contributed by atoms with Gasteiger partial charge >= 0.3 is 5.92 Å². The highest BCUT2D eigenvalue weighted by Crippen LogP contribution is 2.56. The van der Waals surface area contributed by atoms with Gasteiger partial charge in [-0.25, -0.2) is 4.98 Å². The Morgan fingerprint density at radius 3 is 2.26 bits per heavy atom. The van der Waals surface area contributed by atoms with Crippen LogP contribution < -0.4 is 10.1 Å². The van der Waals surface area contributed by atoms with Crippen molar-refractivity contribution in [2.24, 2.45) is 11.8 Å². The summed E-state index contributed by atoms with van der Waals surface area (Å²) >= 11 is 1.44. The highest BCUT2D eigenvalue weighted by atomic mass is 32.2. The number of phenols is 5. The predicted octanol–water partition coefficient (Wildman–Crippen LogP) is 3.68. The largest absolute Gasteiger partial charge is 0.502 e. The second kappa shape index (κ2) is 9.29. The van der Waals surface area contributed by atoms with Crippen molar-refractivity contribution in [3.8, 4) is 40.4 Å². The summed E-state index contributed by atoms with van der Waals surface area (Å²) in [5, 5.41) is 53.9. The molecule has 1 atom stereocenters. The number of hydrogen-bond donors (Lipinski definition) is 6. The van der Waals surface area contributed by atoms with E-state index in [4.69, 9.17) is 4.74 Å². The molecule has 10 nitrogen and oxygen atoms in total. The number of nitrogens with zero attached hydrogens (tertiary/aromatic N) is 2. The maximum Gasteiger partial charge on any atom is 0.309 e. The van der Waals surface area contributed by atoms with Gasteiger partial charge in [0.1, 0.15) is 5.56 Å². The summed E-state index contributed by atoms with van der Waals surface area (Å²) in [6, 6.07) is -0.348. The molecule has 2 saturated carbocycles. The fraction of sp³-hybridized carbons (Fsp3) is 0.409. The van der Waals surface area contributed by atoms with E-state index in [1.807, 2.05) is 6.26 Å². The highest BCUT2D eigenvalue weighted by molar-refractivity contribution is 8.01. The Bertz CT molecular complexity index is 1160. The summed E-state index contributed by atoms with van der Waals surface area (Å²) in [6.45, 7) is 0. The number of phenolic OH excluding ortho intramolecular Hbond substituents is 5. The van der Waals surface area contributed by atoms with Gasteiger partial charge in [-0.3, -0.25) is 4.79 Å². The van der Waals surface area contributed by atoms with Crippen LogP contribution >= 0.6 is 11.8 Å². The van der Waals surface area contributed by atoms with Gasteiger partial charge in [0.25, 0.3) is 5.91 Å². The van der Waals surface area contributed by atoms with Crippen LogP contribution in [0.3, 0.4) is 0 Å². The molecule has 0 saturated heterocycles. The van der Waals surface area contributed by atoms with Crippen LogP contribution in [-0.2, 0) is 5.92 Å². The smallest absolute Gasteiger partial charge is 0.309 e. The monoisotopic (exact) mass is 511 g/mol. The Hall–Kier alpha value is -3.48. The van der Waals surface area contributed by atoms with Gasteiger partial charge in [0.15, 0.2) is 0 Å². The summed E-state index contributed by atoms with van der Waals surface area (Å²) in [5.41, 5.74) is -0.394. The first-order valence-electron chi connectivity index (χ1n) is 10.7. The van der Waals surface area contributed by atoms with Crippen molar-refractivity contribution < 1.29 is 43.8 Å². The molecule has 1 heterocycles. The molecule has 0 aliphatic heterocycles. The number of benzene rings is 1. The molecule has 1 aromatic heterocycles. The van der Waals surface area contributed by atoms with E-state index in [0.29, 0.717) is 0 Å². The lowest BCUT2D eigenvalue weighted by Gasteiger charge is -2.19. The SMILES string of the molecule is CS/C=C/C(NC(=O)c1cnc(C(F)(F)C2CC2)nc1Oc1c(O)c(O)c(O)c(O)c1O)C1CC1. The van der Waals surface area contributed by atoms with Gasteiger partial charge in [0, 0.05) is 12.1 Å². The minimum absolute atomic E-state index is 0.199. The van der Waals surface area contributed by atoms with Crippen molar-refractivity contribution >= 4 is 17.7 Å². The minimum atomic E-state index is -3.42. The summed E-state index contributed by atoms with van der Waals surface area (Å²) in [4.78, 5) is 20.4. The lowest BCUT2D eigenvalue weighted by atomic mass is 10.1. The number of aromatic nitrogens is 2. The average molecular weight is 512 g/mol. The predicted molar refractivity (Wildman–Crippen MR) is 120 cm³/mol. The summed E-state index contributed by atoms with van der Waals surface area (Å²) < 4.78 is 34.7. The third-order valence-electron chi connectivity index (χ3n) is 5.76. The van der Waals surface area contributed by atoms with Crippen LogP contribution in [0.25, 0.3) is 0 Å². The van der Waals surface area contributed by atoms with Crippen LogP contribution in [0.5, 0.6) is 40.4 Å². The molecule has 0 bridgehead atoms. The van der Waals surface area contributed by atoms with E-state index < -0.39 is 69.5 Å². The topological polar surface area (TPSA) is 165 Å². The molecule has 1 unspecified atom stereocenters. The maximum absolute atomic E-state index is 14.7. The molecule has 1 amide bonds. The van der Waals surface area contributed by atoms with Gasteiger partial charge < -0.3 is 35.6 Å². The zero-order valence-corrected chi connectivity index (χ0v) is 19.2. The molecule has 0 spiro atoms. The Kier molecular flexibility index (Phi) is 6.54. The van der Waals surface area contributed by atoms with Gasteiger partial charge in [0.05, 0.1) is 6.04 Å². The second-order valence-corrected chi connectivity index (χ2v) is 9.13. The Morgan fingerprint density at radius 2 is 1.71 bits per heavy atom. The van der Waals surface area contributed by atoms with E-state index in [-0.39, 0.29) is 24.8 Å². The molecule has 2 fully saturated rings. The van der Waals surface area contributed by atoms with E-state index >= 15 is 0 Å². The van der Waals surface area contributed by atoms with Gasteiger partial charge in [-0.15, -0.1) is 11.8 Å². The van der Waals surface area contributed by atoms with E-state index in [1.165, 1.54) is 11.8 Å². The Morgan fingerprint density at radius 1 is 1.11 bits per heavy atom. The molecule has 2 aliphatic rings. The van der Waals surface area contributed by atoms with Crippen LogP contribution in [0.4, 0.5) is 8.78 Å². The molecule has 13 heteroatoms. The summed E-state index contributed by atoms with van der Waals surface area (Å²) in [6.07, 6.45) is 6.81. The highest BCUT2D eigenvalue weighted by Gasteiger charge is 2.51. The van der Waals surface area contributed by atoms with Crippen molar-refractivity contribution in [3.63, 3.8) is 0 Å². The maximum atomic E-state index is 14.7. The van der Waals surface area contributed by atoms with Gasteiger partial charge in [-0.1, -0.05) is 6.08 Å². The summed E-state index contributed by atoms with van der Waals surface area (Å²) in [5.74, 6) is -13.8. The number of rotatable bonds is 9.